The highest BCUT2D eigenvalue weighted by Crippen LogP contribution is 2.18. The third kappa shape index (κ3) is 3.32. The molecule has 80 valence electrons. The van der Waals surface area contributed by atoms with Crippen molar-refractivity contribution >= 4 is 27.8 Å². The molecule has 0 aromatic heterocycles. The Balaban J connectivity index is 2.78. The Kier molecular flexibility index (Phi) is 3.79. The minimum Gasteiger partial charge on any atom is -0.452 e. The summed E-state index contributed by atoms with van der Waals surface area (Å²) >= 11 is 3.00. The number of esters is 1. The monoisotopic (exact) mass is 275 g/mol. The number of amides is 1. The Hall–Kier alpha value is -1.43. The second-order valence-electron chi connectivity index (χ2n) is 2.67. The van der Waals surface area contributed by atoms with Crippen molar-refractivity contribution in [3.63, 3.8) is 0 Å². The van der Waals surface area contributed by atoms with Crippen LogP contribution in [0, 0.1) is 5.82 Å². The summed E-state index contributed by atoms with van der Waals surface area (Å²) in [5.74, 6) is -1.96. The first-order chi connectivity index (χ1) is 7.00. The number of carbonyl (C=O) groups excluding carboxylic acids is 2. The van der Waals surface area contributed by atoms with Crippen LogP contribution in [0.15, 0.2) is 22.7 Å². The molecule has 2 N–H and O–H groups in total. The van der Waals surface area contributed by atoms with E-state index < -0.39 is 24.3 Å². The van der Waals surface area contributed by atoms with Crippen LogP contribution in [0.2, 0.25) is 0 Å². The number of ether oxygens (including phenoxy) is 1. The topological polar surface area (TPSA) is 69.4 Å². The van der Waals surface area contributed by atoms with Crippen LogP contribution in [-0.4, -0.2) is 18.5 Å². The lowest BCUT2D eigenvalue weighted by molar-refractivity contribution is -0.121. The maximum absolute atomic E-state index is 12.7. The smallest absolute Gasteiger partial charge is 0.339 e. The lowest BCUT2D eigenvalue weighted by Crippen LogP contribution is -2.21. The summed E-state index contributed by atoms with van der Waals surface area (Å²) in [5.41, 5.74) is 4.93. The fraction of sp³-hybridized carbons (Fsp3) is 0.111. The van der Waals surface area contributed by atoms with E-state index in [2.05, 4.69) is 20.7 Å². The second-order valence-corrected chi connectivity index (χ2v) is 3.52. The number of nitrogens with two attached hydrogens (primary N) is 1. The number of benzene rings is 1. The summed E-state index contributed by atoms with van der Waals surface area (Å²) in [5, 5.41) is 0. The van der Waals surface area contributed by atoms with Crippen molar-refractivity contribution in [1.29, 1.82) is 0 Å². The van der Waals surface area contributed by atoms with Crippen molar-refractivity contribution < 1.29 is 18.7 Å². The van der Waals surface area contributed by atoms with E-state index in [4.69, 9.17) is 5.73 Å². The quantitative estimate of drug-likeness (QED) is 0.844. The molecule has 15 heavy (non-hydrogen) atoms. The highest BCUT2D eigenvalue weighted by molar-refractivity contribution is 9.10. The molecule has 1 rings (SSSR count). The Morgan fingerprint density at radius 2 is 2.13 bits per heavy atom. The van der Waals surface area contributed by atoms with Crippen molar-refractivity contribution in [3.05, 3.63) is 34.1 Å². The van der Waals surface area contributed by atoms with Gasteiger partial charge in [0.15, 0.2) is 6.61 Å². The molecule has 0 aliphatic heterocycles. The van der Waals surface area contributed by atoms with Crippen LogP contribution in [0.4, 0.5) is 4.39 Å². The molecule has 1 aromatic carbocycles. The molecule has 0 unspecified atom stereocenters. The van der Waals surface area contributed by atoms with Gasteiger partial charge in [0, 0.05) is 4.47 Å². The van der Waals surface area contributed by atoms with E-state index in [1.807, 2.05) is 0 Å². The van der Waals surface area contributed by atoms with E-state index in [1.165, 1.54) is 6.07 Å². The molecule has 0 spiro atoms. The highest BCUT2D eigenvalue weighted by Gasteiger charge is 2.12. The van der Waals surface area contributed by atoms with Gasteiger partial charge in [0.2, 0.25) is 0 Å². The highest BCUT2D eigenvalue weighted by atomic mass is 79.9. The predicted molar refractivity (Wildman–Crippen MR) is 53.6 cm³/mol. The van der Waals surface area contributed by atoms with Crippen molar-refractivity contribution in [2.24, 2.45) is 5.73 Å². The van der Waals surface area contributed by atoms with Gasteiger partial charge in [-0.25, -0.2) is 9.18 Å². The summed E-state index contributed by atoms with van der Waals surface area (Å²) in [6.07, 6.45) is 0. The van der Waals surface area contributed by atoms with Crippen LogP contribution in [0.5, 0.6) is 0 Å². The zero-order valence-corrected chi connectivity index (χ0v) is 9.08. The summed E-state index contributed by atoms with van der Waals surface area (Å²) in [4.78, 5) is 21.6. The van der Waals surface area contributed by atoms with Crippen LogP contribution in [0.1, 0.15) is 10.4 Å². The Morgan fingerprint density at radius 3 is 2.67 bits per heavy atom. The van der Waals surface area contributed by atoms with Gasteiger partial charge in [0.1, 0.15) is 5.82 Å². The third-order valence-electron chi connectivity index (χ3n) is 1.50. The summed E-state index contributed by atoms with van der Waals surface area (Å²) in [6, 6.07) is 3.50. The van der Waals surface area contributed by atoms with Gasteiger partial charge < -0.3 is 10.5 Å². The fourth-order valence-corrected chi connectivity index (χ4v) is 1.38. The van der Waals surface area contributed by atoms with E-state index in [9.17, 15) is 14.0 Å². The van der Waals surface area contributed by atoms with Gasteiger partial charge in [0.05, 0.1) is 5.56 Å². The standard InChI is InChI=1S/C9H7BrFNO3/c10-7-3-5(11)1-2-6(7)9(14)15-4-8(12)13/h1-3H,4H2,(H2,12,13). The average Bonchev–Trinajstić information content (AvgIpc) is 2.14. The van der Waals surface area contributed by atoms with E-state index in [1.54, 1.807) is 0 Å². The summed E-state index contributed by atoms with van der Waals surface area (Å²) in [7, 11) is 0. The van der Waals surface area contributed by atoms with Crippen LogP contribution in [-0.2, 0) is 9.53 Å². The van der Waals surface area contributed by atoms with Crippen LogP contribution < -0.4 is 5.73 Å². The Labute approximate surface area is 93.3 Å². The summed E-state index contributed by atoms with van der Waals surface area (Å²) < 4.78 is 17.5. The number of carbonyl (C=O) groups is 2. The fourth-order valence-electron chi connectivity index (χ4n) is 0.869. The van der Waals surface area contributed by atoms with Gasteiger partial charge in [-0.1, -0.05) is 0 Å². The molecule has 0 bridgehead atoms. The van der Waals surface area contributed by atoms with Crippen LogP contribution in [0.25, 0.3) is 0 Å². The van der Waals surface area contributed by atoms with Gasteiger partial charge in [0.25, 0.3) is 5.91 Å². The van der Waals surface area contributed by atoms with E-state index in [-0.39, 0.29) is 10.0 Å². The zero-order valence-electron chi connectivity index (χ0n) is 7.50. The minimum absolute atomic E-state index is 0.137. The lowest BCUT2D eigenvalue weighted by Gasteiger charge is -2.04. The van der Waals surface area contributed by atoms with Gasteiger partial charge in [-0.2, -0.15) is 0 Å². The molecular formula is C9H7BrFNO3. The molecule has 6 heteroatoms. The van der Waals surface area contributed by atoms with Gasteiger partial charge in [-0.3, -0.25) is 4.79 Å². The number of halogens is 2. The Bertz CT molecular complexity index is 408. The van der Waals surface area contributed by atoms with Crippen molar-refractivity contribution in [2.75, 3.05) is 6.61 Å². The Morgan fingerprint density at radius 1 is 1.47 bits per heavy atom. The predicted octanol–water partition coefficient (Wildman–Crippen LogP) is 1.23. The molecule has 1 aromatic rings. The molecule has 0 aliphatic carbocycles. The molecule has 0 atom stereocenters. The zero-order chi connectivity index (χ0) is 11.4. The van der Waals surface area contributed by atoms with Crippen molar-refractivity contribution in [1.82, 2.24) is 0 Å². The molecule has 0 radical (unpaired) electrons. The first kappa shape index (κ1) is 11.6. The second kappa shape index (κ2) is 4.88. The first-order valence-corrected chi connectivity index (χ1v) is 4.70. The largest absolute Gasteiger partial charge is 0.452 e. The van der Waals surface area contributed by atoms with E-state index >= 15 is 0 Å². The number of primary amides is 1. The van der Waals surface area contributed by atoms with Crippen molar-refractivity contribution in [3.8, 4) is 0 Å². The van der Waals surface area contributed by atoms with Gasteiger partial charge in [-0.05, 0) is 34.1 Å². The first-order valence-electron chi connectivity index (χ1n) is 3.91. The molecule has 0 heterocycles. The van der Waals surface area contributed by atoms with E-state index in [0.29, 0.717) is 0 Å². The molecule has 4 nitrogen and oxygen atoms in total. The average molecular weight is 276 g/mol. The maximum atomic E-state index is 12.7. The molecule has 1 amide bonds. The van der Waals surface area contributed by atoms with E-state index in [0.717, 1.165) is 12.1 Å². The maximum Gasteiger partial charge on any atom is 0.339 e. The molecule has 0 fully saturated rings. The van der Waals surface area contributed by atoms with Gasteiger partial charge in [-0.15, -0.1) is 0 Å². The molecular weight excluding hydrogens is 269 g/mol. The lowest BCUT2D eigenvalue weighted by atomic mass is 10.2. The summed E-state index contributed by atoms with van der Waals surface area (Å²) in [6.45, 7) is -0.497. The SMILES string of the molecule is NC(=O)COC(=O)c1ccc(F)cc1Br. The van der Waals surface area contributed by atoms with Gasteiger partial charge >= 0.3 is 5.97 Å². The minimum atomic E-state index is -0.749. The number of hydrogen-bond acceptors (Lipinski definition) is 3. The van der Waals surface area contributed by atoms with Crippen LogP contribution in [0.3, 0.4) is 0 Å². The molecule has 0 saturated carbocycles. The number of rotatable bonds is 3. The molecule has 0 aliphatic rings. The molecule has 0 saturated heterocycles. The van der Waals surface area contributed by atoms with Crippen LogP contribution >= 0.6 is 15.9 Å². The van der Waals surface area contributed by atoms with Crippen molar-refractivity contribution in [2.45, 2.75) is 0 Å². The number of hydrogen-bond donors (Lipinski definition) is 1. The normalized spacial score (nSPS) is 9.73. The third-order valence-corrected chi connectivity index (χ3v) is 2.15.